The number of aromatic nitrogens is 3. The molecule has 232 valence electrons. The number of halogens is 2. The first-order valence-corrected chi connectivity index (χ1v) is 16.0. The van der Waals surface area contributed by atoms with Crippen molar-refractivity contribution in [3.05, 3.63) is 101 Å². The summed E-state index contributed by atoms with van der Waals surface area (Å²) in [6.45, 7) is 1.87. The normalized spacial score (nSPS) is 13.9. The van der Waals surface area contributed by atoms with E-state index in [0.717, 1.165) is 34.0 Å². The van der Waals surface area contributed by atoms with Crippen molar-refractivity contribution < 1.29 is 22.0 Å². The van der Waals surface area contributed by atoms with Crippen LogP contribution in [0, 0.1) is 11.6 Å². The van der Waals surface area contributed by atoms with Crippen molar-refractivity contribution >= 4 is 33.4 Å². The number of H-pyrrole nitrogens is 1. The van der Waals surface area contributed by atoms with E-state index in [1.54, 1.807) is 12.1 Å². The Hall–Kier alpha value is -4.36. The van der Waals surface area contributed by atoms with Gasteiger partial charge in [0.15, 0.2) is 17.5 Å². The highest BCUT2D eigenvalue weighted by atomic mass is 32.2. The Balaban J connectivity index is 1.28. The largest absolute Gasteiger partial charge is 0.363 e. The fourth-order valence-corrected chi connectivity index (χ4v) is 5.65. The Labute approximate surface area is 255 Å². The molecule has 10 nitrogen and oxygen atoms in total. The van der Waals surface area contributed by atoms with E-state index in [2.05, 4.69) is 31.1 Å². The highest BCUT2D eigenvalue weighted by molar-refractivity contribution is 7.89. The van der Waals surface area contributed by atoms with Crippen LogP contribution < -0.4 is 16.0 Å². The molecule has 0 radical (unpaired) electrons. The van der Waals surface area contributed by atoms with E-state index in [0.29, 0.717) is 23.7 Å². The number of sulfonamides is 1. The number of hydrogen-bond donors (Lipinski definition) is 4. The van der Waals surface area contributed by atoms with Gasteiger partial charge in [-0.15, -0.1) is 0 Å². The van der Waals surface area contributed by atoms with E-state index in [1.807, 2.05) is 43.3 Å². The van der Waals surface area contributed by atoms with Gasteiger partial charge in [-0.1, -0.05) is 42.5 Å². The van der Waals surface area contributed by atoms with Crippen LogP contribution in [0.1, 0.15) is 54.1 Å². The van der Waals surface area contributed by atoms with Crippen molar-refractivity contribution in [2.75, 3.05) is 30.0 Å². The maximum absolute atomic E-state index is 15.3. The van der Waals surface area contributed by atoms with Crippen LogP contribution in [0.3, 0.4) is 0 Å². The van der Waals surface area contributed by atoms with E-state index in [9.17, 15) is 17.6 Å². The summed E-state index contributed by atoms with van der Waals surface area (Å²) in [6.07, 6.45) is 2.66. The molecule has 0 saturated heterocycles. The molecule has 2 aromatic carbocycles. The van der Waals surface area contributed by atoms with Gasteiger partial charge in [0.2, 0.25) is 15.9 Å². The van der Waals surface area contributed by atoms with Crippen LogP contribution in [0.25, 0.3) is 0 Å². The highest BCUT2D eigenvalue weighted by Crippen LogP contribution is 2.39. The van der Waals surface area contributed by atoms with E-state index in [1.165, 1.54) is 25.2 Å². The van der Waals surface area contributed by atoms with Crippen molar-refractivity contribution in [3.8, 4) is 0 Å². The highest BCUT2D eigenvalue weighted by Gasteiger charge is 2.26. The second kappa shape index (κ2) is 13.5. The number of rotatable bonds is 14. The molecule has 4 N–H and O–H groups in total. The number of carbonyl (C=O) groups is 1. The average molecular weight is 624 g/mol. The fourth-order valence-electron chi connectivity index (χ4n) is 4.63. The summed E-state index contributed by atoms with van der Waals surface area (Å²) in [4.78, 5) is 17.2. The molecule has 0 spiro atoms. The second-order valence-corrected chi connectivity index (χ2v) is 13.0. The van der Waals surface area contributed by atoms with Crippen LogP contribution in [0.5, 0.6) is 0 Å². The van der Waals surface area contributed by atoms with E-state index in [-0.39, 0.29) is 36.6 Å². The maximum atomic E-state index is 15.3. The third-order valence-corrected chi connectivity index (χ3v) is 9.22. The van der Waals surface area contributed by atoms with Gasteiger partial charge in [-0.2, -0.15) is 5.10 Å². The Morgan fingerprint density at radius 3 is 2.50 bits per heavy atom. The SMILES string of the molecule is C[C@H](Nc1nc(Nc2cc(C3CC3)[nH]n2)c(F)cc1CNC(=O)CS(=O)(=O)N(C)CCc1ccccc1)c1ccc(F)cc1. The van der Waals surface area contributed by atoms with Crippen molar-refractivity contribution in [1.82, 2.24) is 24.8 Å². The van der Waals surface area contributed by atoms with Crippen LogP contribution in [0.2, 0.25) is 0 Å². The van der Waals surface area contributed by atoms with Crippen LogP contribution >= 0.6 is 0 Å². The van der Waals surface area contributed by atoms with Crippen molar-refractivity contribution in [3.63, 3.8) is 0 Å². The monoisotopic (exact) mass is 623 g/mol. The number of pyridine rings is 1. The number of amides is 1. The molecule has 1 fully saturated rings. The molecule has 4 aromatic rings. The summed E-state index contributed by atoms with van der Waals surface area (Å²) >= 11 is 0. The summed E-state index contributed by atoms with van der Waals surface area (Å²) in [7, 11) is -2.45. The quantitative estimate of drug-likeness (QED) is 0.156. The predicted octanol–water partition coefficient (Wildman–Crippen LogP) is 5.00. The molecule has 0 aliphatic heterocycles. The molecular weight excluding hydrogens is 588 g/mol. The van der Waals surface area contributed by atoms with Gasteiger partial charge < -0.3 is 16.0 Å². The molecule has 1 aliphatic rings. The van der Waals surface area contributed by atoms with E-state index in [4.69, 9.17) is 0 Å². The zero-order valence-corrected chi connectivity index (χ0v) is 25.3. The van der Waals surface area contributed by atoms with E-state index >= 15 is 4.39 Å². The van der Waals surface area contributed by atoms with Crippen LogP contribution in [0.15, 0.2) is 66.7 Å². The molecule has 0 unspecified atom stereocenters. The number of carbonyl (C=O) groups excluding carboxylic acids is 1. The third-order valence-electron chi connectivity index (χ3n) is 7.46. The van der Waals surface area contributed by atoms with Gasteiger partial charge in [0.25, 0.3) is 0 Å². The van der Waals surface area contributed by atoms with Crippen molar-refractivity contribution in [2.24, 2.45) is 0 Å². The first-order valence-electron chi connectivity index (χ1n) is 14.4. The Bertz CT molecular complexity index is 1700. The Morgan fingerprint density at radius 2 is 1.80 bits per heavy atom. The van der Waals surface area contributed by atoms with Crippen LogP contribution in [-0.4, -0.2) is 53.2 Å². The average Bonchev–Trinajstić information content (AvgIpc) is 3.75. The van der Waals surface area contributed by atoms with Crippen LogP contribution in [0.4, 0.5) is 26.2 Å². The van der Waals surface area contributed by atoms with Crippen LogP contribution in [-0.2, 0) is 27.8 Å². The minimum Gasteiger partial charge on any atom is -0.363 e. The maximum Gasteiger partial charge on any atom is 0.236 e. The lowest BCUT2D eigenvalue weighted by Crippen LogP contribution is -2.38. The lowest BCUT2D eigenvalue weighted by Gasteiger charge is -2.20. The second-order valence-electron chi connectivity index (χ2n) is 10.9. The zero-order valence-electron chi connectivity index (χ0n) is 24.5. The molecule has 0 bridgehead atoms. The molecule has 44 heavy (non-hydrogen) atoms. The minimum absolute atomic E-state index is 0.0784. The third kappa shape index (κ3) is 8.17. The van der Waals surface area contributed by atoms with Gasteiger partial charge in [-0.05, 0) is 55.5 Å². The lowest BCUT2D eigenvalue weighted by atomic mass is 10.1. The number of hydrogen-bond acceptors (Lipinski definition) is 7. The topological polar surface area (TPSA) is 132 Å². The van der Waals surface area contributed by atoms with Gasteiger partial charge in [0, 0.05) is 49.4 Å². The molecule has 1 atom stereocenters. The van der Waals surface area contributed by atoms with Crippen molar-refractivity contribution in [1.29, 1.82) is 0 Å². The number of nitrogens with one attached hydrogen (secondary N) is 4. The molecule has 2 aromatic heterocycles. The number of likely N-dealkylation sites (N-methyl/N-ethyl adjacent to an activating group) is 1. The molecule has 1 saturated carbocycles. The molecule has 1 aliphatic carbocycles. The molecule has 5 rings (SSSR count). The smallest absolute Gasteiger partial charge is 0.236 e. The van der Waals surface area contributed by atoms with E-state index < -0.39 is 27.5 Å². The number of nitrogens with zero attached hydrogens (tertiary/aromatic N) is 3. The Morgan fingerprint density at radius 1 is 1.07 bits per heavy atom. The van der Waals surface area contributed by atoms with Gasteiger partial charge in [-0.25, -0.2) is 26.5 Å². The van der Waals surface area contributed by atoms with Gasteiger partial charge in [0.1, 0.15) is 17.4 Å². The summed E-state index contributed by atoms with van der Waals surface area (Å²) < 4.78 is 55.6. The fraction of sp³-hybridized carbons (Fsp3) is 0.323. The standard InChI is InChI=1S/C31H35F2N7O3S/c1-20(22-10-12-25(32)13-11-22)35-30-24(16-26(33)31(37-30)36-28-17-27(38-39-28)23-8-9-23)18-34-29(41)19-44(42,43)40(2)15-14-21-6-4-3-5-7-21/h3-7,10-13,16-17,20,23H,8-9,14-15,18-19H2,1-2H3,(H,34,41)(H3,35,36,37,38,39)/t20-/m0/s1. The number of aromatic amines is 1. The summed E-state index contributed by atoms with van der Waals surface area (Å²) in [5.74, 6) is -1.52. The molecule has 2 heterocycles. The first kappa shape index (κ1) is 31.1. The van der Waals surface area contributed by atoms with Gasteiger partial charge in [0.05, 0.1) is 0 Å². The number of benzene rings is 2. The molecule has 13 heteroatoms. The molecular formula is C31H35F2N7O3S. The van der Waals surface area contributed by atoms with Gasteiger partial charge >= 0.3 is 0 Å². The minimum atomic E-state index is -3.89. The summed E-state index contributed by atoms with van der Waals surface area (Å²) in [6, 6.07) is 18.1. The van der Waals surface area contributed by atoms with Crippen molar-refractivity contribution in [2.45, 2.75) is 44.7 Å². The first-order chi connectivity index (χ1) is 21.1. The van der Waals surface area contributed by atoms with Gasteiger partial charge in [-0.3, -0.25) is 9.89 Å². The lowest BCUT2D eigenvalue weighted by molar-refractivity contribution is -0.118. The summed E-state index contributed by atoms with van der Waals surface area (Å²) in [5.41, 5.74) is 3.01. The zero-order chi connectivity index (χ0) is 31.3. The Kier molecular flexibility index (Phi) is 9.55. The predicted molar refractivity (Wildman–Crippen MR) is 165 cm³/mol. The number of anilines is 3. The summed E-state index contributed by atoms with van der Waals surface area (Å²) in [5, 5.41) is 15.9. The molecule has 1 amide bonds.